The van der Waals surface area contributed by atoms with E-state index < -0.39 is 0 Å². The highest BCUT2D eigenvalue weighted by Gasteiger charge is 2.34. The van der Waals surface area contributed by atoms with Crippen LogP contribution in [0, 0.1) is 6.92 Å². The van der Waals surface area contributed by atoms with Crippen molar-refractivity contribution in [3.8, 4) is 0 Å². The number of nitrogens with zero attached hydrogens (tertiary/aromatic N) is 4. The van der Waals surface area contributed by atoms with Crippen molar-refractivity contribution >= 4 is 40.9 Å². The first-order valence-corrected chi connectivity index (χ1v) is 12.3. The number of thioether (sulfide) groups is 1. The fourth-order valence-electron chi connectivity index (χ4n) is 4.04. The van der Waals surface area contributed by atoms with Crippen LogP contribution in [0.2, 0.25) is 5.02 Å². The highest BCUT2D eigenvalue weighted by atomic mass is 35.5. The highest BCUT2D eigenvalue weighted by Crippen LogP contribution is 2.34. The molecule has 3 aromatic rings. The van der Waals surface area contributed by atoms with E-state index in [2.05, 4.69) is 15.5 Å². The van der Waals surface area contributed by atoms with Crippen molar-refractivity contribution in [2.45, 2.75) is 44.4 Å². The molecule has 1 fully saturated rings. The predicted octanol–water partition coefficient (Wildman–Crippen LogP) is 4.97. The van der Waals surface area contributed by atoms with Gasteiger partial charge in [-0.2, -0.15) is 0 Å². The van der Waals surface area contributed by atoms with Gasteiger partial charge in [-0.15, -0.1) is 10.2 Å². The zero-order valence-corrected chi connectivity index (χ0v) is 20.2. The lowest BCUT2D eigenvalue weighted by Gasteiger charge is -2.24. The van der Waals surface area contributed by atoms with E-state index >= 15 is 0 Å². The maximum absolute atomic E-state index is 13.1. The molecule has 9 heteroatoms. The Hall–Kier alpha value is -2.84. The van der Waals surface area contributed by atoms with Crippen molar-refractivity contribution < 1.29 is 9.59 Å². The summed E-state index contributed by atoms with van der Waals surface area (Å²) in [5.41, 5.74) is 2.47. The fraction of sp³-hybridized carbons (Fsp3) is 0.333. The molecule has 2 amide bonds. The minimum absolute atomic E-state index is 0.0356. The summed E-state index contributed by atoms with van der Waals surface area (Å²) >= 11 is 7.32. The van der Waals surface area contributed by atoms with Gasteiger partial charge in [0, 0.05) is 29.4 Å². The summed E-state index contributed by atoms with van der Waals surface area (Å²) in [7, 11) is 0. The number of carbonyl (C=O) groups excluding carboxylic acids is 2. The van der Waals surface area contributed by atoms with E-state index in [9.17, 15) is 9.59 Å². The van der Waals surface area contributed by atoms with Crippen molar-refractivity contribution in [2.24, 2.45) is 0 Å². The first-order valence-electron chi connectivity index (χ1n) is 10.9. The van der Waals surface area contributed by atoms with Crippen LogP contribution < -0.4 is 5.32 Å². The zero-order chi connectivity index (χ0) is 23.4. The van der Waals surface area contributed by atoms with Crippen LogP contribution in [0.25, 0.3) is 0 Å². The summed E-state index contributed by atoms with van der Waals surface area (Å²) in [6, 6.07) is 14.5. The minimum Gasteiger partial charge on any atom is -0.328 e. The molecule has 4 rings (SSSR count). The zero-order valence-electron chi connectivity index (χ0n) is 18.6. The second-order valence-electron chi connectivity index (χ2n) is 7.95. The van der Waals surface area contributed by atoms with Crippen molar-refractivity contribution in [1.82, 2.24) is 19.7 Å². The smallest absolute Gasteiger partial charge is 0.254 e. The van der Waals surface area contributed by atoms with Gasteiger partial charge in [-0.25, -0.2) is 0 Å². The Morgan fingerprint density at radius 1 is 1.18 bits per heavy atom. The topological polar surface area (TPSA) is 80.1 Å². The van der Waals surface area contributed by atoms with Gasteiger partial charge in [-0.05, 0) is 68.7 Å². The lowest BCUT2D eigenvalue weighted by atomic mass is 10.1. The van der Waals surface area contributed by atoms with Crippen molar-refractivity contribution in [3.05, 3.63) is 70.5 Å². The Kier molecular flexibility index (Phi) is 7.35. The average Bonchev–Trinajstić information content (AvgIpc) is 3.44. The summed E-state index contributed by atoms with van der Waals surface area (Å²) in [6.07, 6.45) is 1.73. The van der Waals surface area contributed by atoms with Gasteiger partial charge in [0.2, 0.25) is 5.91 Å². The standard InChI is InChI=1S/C24H26ClN5O2S/c1-3-29-22(20-8-5-13-30(20)23(32)17-9-11-18(25)12-10-17)27-28-24(29)33-15-21(31)26-19-7-4-6-16(2)14-19/h4,6-7,9-12,14,20H,3,5,8,13,15H2,1-2H3,(H,26,31). The van der Waals surface area contributed by atoms with Crippen molar-refractivity contribution in [1.29, 1.82) is 0 Å². The monoisotopic (exact) mass is 483 g/mol. The largest absolute Gasteiger partial charge is 0.328 e. The fourth-order valence-corrected chi connectivity index (χ4v) is 4.97. The molecule has 1 aliphatic rings. The van der Waals surface area contributed by atoms with E-state index in [0.717, 1.165) is 29.9 Å². The van der Waals surface area contributed by atoms with E-state index in [-0.39, 0.29) is 23.6 Å². The number of aryl methyl sites for hydroxylation is 1. The van der Waals surface area contributed by atoms with E-state index in [4.69, 9.17) is 11.6 Å². The van der Waals surface area contributed by atoms with Gasteiger partial charge in [-0.1, -0.05) is 35.5 Å². The van der Waals surface area contributed by atoms with Crippen molar-refractivity contribution in [3.63, 3.8) is 0 Å². The van der Waals surface area contributed by atoms with E-state index in [1.165, 1.54) is 11.8 Å². The number of anilines is 1. The van der Waals surface area contributed by atoms with Gasteiger partial charge in [0.1, 0.15) is 0 Å². The molecule has 0 saturated carbocycles. The number of halogens is 1. The lowest BCUT2D eigenvalue weighted by Crippen LogP contribution is -2.32. The molecule has 7 nitrogen and oxygen atoms in total. The number of hydrogen-bond acceptors (Lipinski definition) is 5. The number of hydrogen-bond donors (Lipinski definition) is 1. The highest BCUT2D eigenvalue weighted by molar-refractivity contribution is 7.99. The summed E-state index contributed by atoms with van der Waals surface area (Å²) in [5, 5.41) is 13.0. The van der Waals surface area contributed by atoms with E-state index in [1.54, 1.807) is 24.3 Å². The maximum Gasteiger partial charge on any atom is 0.254 e. The van der Waals surface area contributed by atoms with Gasteiger partial charge in [-0.3, -0.25) is 9.59 Å². The van der Waals surface area contributed by atoms with Gasteiger partial charge in [0.05, 0.1) is 11.8 Å². The van der Waals surface area contributed by atoms with Crippen LogP contribution in [0.4, 0.5) is 5.69 Å². The third-order valence-electron chi connectivity index (χ3n) is 5.60. The van der Waals surface area contributed by atoms with Crippen LogP contribution >= 0.6 is 23.4 Å². The molecule has 0 radical (unpaired) electrons. The first-order chi connectivity index (χ1) is 16.0. The molecular formula is C24H26ClN5O2S. The Bertz CT molecular complexity index is 1150. The molecule has 1 unspecified atom stereocenters. The molecule has 1 atom stereocenters. The van der Waals surface area contributed by atoms with Gasteiger partial charge in [0.15, 0.2) is 11.0 Å². The van der Waals surface area contributed by atoms with Crippen LogP contribution in [0.1, 0.15) is 47.6 Å². The third-order valence-corrected chi connectivity index (χ3v) is 6.82. The maximum atomic E-state index is 13.1. The molecular weight excluding hydrogens is 458 g/mol. The lowest BCUT2D eigenvalue weighted by molar-refractivity contribution is -0.113. The molecule has 1 aromatic heterocycles. The summed E-state index contributed by atoms with van der Waals surface area (Å²) < 4.78 is 2.00. The Morgan fingerprint density at radius 3 is 2.70 bits per heavy atom. The quantitative estimate of drug-likeness (QED) is 0.480. The summed E-state index contributed by atoms with van der Waals surface area (Å²) in [4.78, 5) is 27.4. The molecule has 2 aromatic carbocycles. The summed E-state index contributed by atoms with van der Waals surface area (Å²) in [5.74, 6) is 0.855. The van der Waals surface area contributed by atoms with Crippen LogP contribution in [-0.4, -0.2) is 43.8 Å². The number of aromatic nitrogens is 3. The normalized spacial score (nSPS) is 15.6. The second kappa shape index (κ2) is 10.4. The molecule has 172 valence electrons. The number of benzene rings is 2. The van der Waals surface area contributed by atoms with Crippen LogP contribution in [0.5, 0.6) is 0 Å². The second-order valence-corrected chi connectivity index (χ2v) is 9.33. The number of rotatable bonds is 7. The molecule has 1 N–H and O–H groups in total. The number of amides is 2. The molecule has 0 aliphatic carbocycles. The summed E-state index contributed by atoms with van der Waals surface area (Å²) in [6.45, 7) is 5.33. The molecule has 33 heavy (non-hydrogen) atoms. The van der Waals surface area contributed by atoms with Gasteiger partial charge >= 0.3 is 0 Å². The molecule has 1 saturated heterocycles. The Labute approximate surface area is 202 Å². The molecule has 1 aliphatic heterocycles. The number of nitrogens with one attached hydrogen (secondary N) is 1. The van der Waals surface area contributed by atoms with Crippen LogP contribution in [0.15, 0.2) is 53.7 Å². The molecule has 0 bridgehead atoms. The van der Waals surface area contributed by atoms with Crippen LogP contribution in [0.3, 0.4) is 0 Å². The van der Waals surface area contributed by atoms with Gasteiger partial charge < -0.3 is 14.8 Å². The molecule has 2 heterocycles. The van der Waals surface area contributed by atoms with Gasteiger partial charge in [0.25, 0.3) is 5.91 Å². The number of likely N-dealkylation sites (tertiary alicyclic amines) is 1. The SMILES string of the molecule is CCn1c(SCC(=O)Nc2cccc(C)c2)nnc1C1CCCN1C(=O)c1ccc(Cl)cc1. The third kappa shape index (κ3) is 5.39. The predicted molar refractivity (Wildman–Crippen MR) is 131 cm³/mol. The molecule has 0 spiro atoms. The van der Waals surface area contributed by atoms with E-state index in [0.29, 0.717) is 28.8 Å². The minimum atomic E-state index is -0.143. The van der Waals surface area contributed by atoms with Crippen molar-refractivity contribution in [2.75, 3.05) is 17.6 Å². The average molecular weight is 484 g/mol. The first kappa shape index (κ1) is 23.3. The van der Waals surface area contributed by atoms with Crippen LogP contribution in [-0.2, 0) is 11.3 Å². The Balaban J connectivity index is 1.45. The Morgan fingerprint density at radius 2 is 1.97 bits per heavy atom. The number of carbonyl (C=O) groups is 2. The van der Waals surface area contributed by atoms with E-state index in [1.807, 2.05) is 47.6 Å².